The van der Waals surface area contributed by atoms with Crippen molar-refractivity contribution in [3.63, 3.8) is 0 Å². The van der Waals surface area contributed by atoms with E-state index in [1.165, 1.54) is 6.07 Å². The van der Waals surface area contributed by atoms with Crippen LogP contribution in [0.5, 0.6) is 0 Å². The van der Waals surface area contributed by atoms with Gasteiger partial charge >= 0.3 is 5.97 Å². The number of rotatable bonds is 1. The van der Waals surface area contributed by atoms with E-state index in [4.69, 9.17) is 5.11 Å². The largest absolute Gasteiger partial charge is 0.478 e. The van der Waals surface area contributed by atoms with Gasteiger partial charge in [-0.25, -0.2) is 4.79 Å². The second-order valence-corrected chi connectivity index (χ2v) is 4.50. The molecule has 1 unspecified atom stereocenters. The highest BCUT2D eigenvalue weighted by Crippen LogP contribution is 2.31. The molecule has 0 saturated heterocycles. The molecule has 0 fully saturated rings. The molecule has 2 heterocycles. The van der Waals surface area contributed by atoms with Crippen LogP contribution < -0.4 is 5.32 Å². The predicted molar refractivity (Wildman–Crippen MR) is 66.0 cm³/mol. The monoisotopic (exact) mass is 244 g/mol. The first-order valence-electron chi connectivity index (χ1n) is 5.73. The highest BCUT2D eigenvalue weighted by molar-refractivity contribution is 6.06. The van der Waals surface area contributed by atoms with Crippen LogP contribution in [0.15, 0.2) is 18.2 Å². The third kappa shape index (κ3) is 1.44. The summed E-state index contributed by atoms with van der Waals surface area (Å²) in [5.74, 6) is -0.953. The maximum absolute atomic E-state index is 11.8. The van der Waals surface area contributed by atoms with E-state index in [1.54, 1.807) is 12.1 Å². The molecule has 1 aliphatic rings. The normalized spacial score (nSPS) is 18.9. The number of ketones is 1. The molecule has 1 aromatic carbocycles. The van der Waals surface area contributed by atoms with Crippen LogP contribution in [0.4, 0.5) is 0 Å². The summed E-state index contributed by atoms with van der Waals surface area (Å²) < 4.78 is 0. The third-order valence-corrected chi connectivity index (χ3v) is 3.37. The fraction of sp³-hybridized carbons (Fsp3) is 0.231. The number of fused-ring (bicyclic) bond motifs is 3. The SMILES string of the molecule is CC1NCC(=O)c2[nH]c3ccc(C(=O)O)cc3c21. The summed E-state index contributed by atoms with van der Waals surface area (Å²) in [6.07, 6.45) is 0. The van der Waals surface area contributed by atoms with Gasteiger partial charge in [0.2, 0.25) is 0 Å². The number of benzene rings is 1. The lowest BCUT2D eigenvalue weighted by molar-refractivity contribution is 0.0697. The Morgan fingerprint density at radius 1 is 1.44 bits per heavy atom. The first kappa shape index (κ1) is 11.0. The molecule has 5 heteroatoms. The van der Waals surface area contributed by atoms with Gasteiger partial charge in [0.15, 0.2) is 5.78 Å². The number of Topliss-reactive ketones (excluding diaryl/α,β-unsaturated/α-hetero) is 1. The van der Waals surface area contributed by atoms with Gasteiger partial charge < -0.3 is 15.4 Å². The van der Waals surface area contributed by atoms with E-state index in [2.05, 4.69) is 10.3 Å². The second kappa shape index (κ2) is 3.68. The van der Waals surface area contributed by atoms with Crippen molar-refractivity contribution in [1.82, 2.24) is 10.3 Å². The van der Waals surface area contributed by atoms with Gasteiger partial charge in [0, 0.05) is 22.5 Å². The number of carboxylic acids is 1. The third-order valence-electron chi connectivity index (χ3n) is 3.37. The van der Waals surface area contributed by atoms with Gasteiger partial charge in [-0.2, -0.15) is 0 Å². The zero-order valence-electron chi connectivity index (χ0n) is 9.78. The van der Waals surface area contributed by atoms with Crippen LogP contribution in [-0.2, 0) is 0 Å². The van der Waals surface area contributed by atoms with Crippen LogP contribution in [-0.4, -0.2) is 28.4 Å². The number of aromatic amines is 1. The van der Waals surface area contributed by atoms with Crippen molar-refractivity contribution in [2.24, 2.45) is 0 Å². The first-order valence-corrected chi connectivity index (χ1v) is 5.73. The Labute approximate surface area is 103 Å². The summed E-state index contributed by atoms with van der Waals surface area (Å²) in [5, 5.41) is 12.9. The highest BCUT2D eigenvalue weighted by Gasteiger charge is 2.26. The van der Waals surface area contributed by atoms with Crippen LogP contribution in [0, 0.1) is 0 Å². The minimum atomic E-state index is -0.963. The van der Waals surface area contributed by atoms with E-state index in [-0.39, 0.29) is 17.4 Å². The molecule has 3 rings (SSSR count). The molecule has 0 aliphatic carbocycles. The van der Waals surface area contributed by atoms with Crippen molar-refractivity contribution >= 4 is 22.7 Å². The topological polar surface area (TPSA) is 82.2 Å². The van der Waals surface area contributed by atoms with Crippen molar-refractivity contribution in [3.8, 4) is 0 Å². The van der Waals surface area contributed by atoms with Gasteiger partial charge in [-0.05, 0) is 25.1 Å². The smallest absolute Gasteiger partial charge is 0.335 e. The van der Waals surface area contributed by atoms with Crippen LogP contribution in [0.2, 0.25) is 0 Å². The average molecular weight is 244 g/mol. The number of nitrogens with one attached hydrogen (secondary N) is 2. The van der Waals surface area contributed by atoms with Gasteiger partial charge in [-0.3, -0.25) is 4.79 Å². The molecular weight excluding hydrogens is 232 g/mol. The Morgan fingerprint density at radius 3 is 2.94 bits per heavy atom. The molecule has 5 nitrogen and oxygen atoms in total. The van der Waals surface area contributed by atoms with E-state index >= 15 is 0 Å². The number of aromatic carboxylic acids is 1. The Bertz CT molecular complexity index is 672. The first-order chi connectivity index (χ1) is 8.58. The molecule has 1 atom stereocenters. The lowest BCUT2D eigenvalue weighted by atomic mass is 9.97. The lowest BCUT2D eigenvalue weighted by Gasteiger charge is -2.19. The van der Waals surface area contributed by atoms with Gasteiger partial charge in [0.1, 0.15) is 0 Å². The summed E-state index contributed by atoms with van der Waals surface area (Å²) >= 11 is 0. The van der Waals surface area contributed by atoms with Crippen LogP contribution in [0.25, 0.3) is 10.9 Å². The summed E-state index contributed by atoms with van der Waals surface area (Å²) in [4.78, 5) is 25.9. The van der Waals surface area contributed by atoms with Gasteiger partial charge in [0.25, 0.3) is 0 Å². The molecular formula is C13H12N2O3. The van der Waals surface area contributed by atoms with Crippen molar-refractivity contribution in [2.45, 2.75) is 13.0 Å². The molecule has 0 bridgehead atoms. The molecule has 0 spiro atoms. The van der Waals surface area contributed by atoms with Crippen molar-refractivity contribution < 1.29 is 14.7 Å². The lowest BCUT2D eigenvalue weighted by Crippen LogP contribution is -2.32. The molecule has 0 radical (unpaired) electrons. The maximum Gasteiger partial charge on any atom is 0.335 e. The zero-order valence-corrected chi connectivity index (χ0v) is 9.78. The molecule has 18 heavy (non-hydrogen) atoms. The molecule has 1 aliphatic heterocycles. The Kier molecular flexibility index (Phi) is 2.24. The van der Waals surface area contributed by atoms with Gasteiger partial charge in [-0.1, -0.05) is 0 Å². The standard InChI is InChI=1S/C13H12N2O3/c1-6-11-8-4-7(13(17)18)2-3-9(8)15-12(11)10(16)5-14-6/h2-4,6,14-15H,5H2,1H3,(H,17,18). The van der Waals surface area contributed by atoms with Crippen molar-refractivity contribution in [1.29, 1.82) is 0 Å². The fourth-order valence-electron chi connectivity index (χ4n) is 2.45. The number of carbonyl (C=O) groups is 2. The second-order valence-electron chi connectivity index (χ2n) is 4.50. The molecule has 2 aromatic rings. The quantitative estimate of drug-likeness (QED) is 0.713. The van der Waals surface area contributed by atoms with Crippen molar-refractivity contribution in [3.05, 3.63) is 35.0 Å². The average Bonchev–Trinajstić information content (AvgIpc) is 2.73. The predicted octanol–water partition coefficient (Wildman–Crippen LogP) is 1.71. The number of carbonyl (C=O) groups excluding carboxylic acids is 1. The van der Waals surface area contributed by atoms with E-state index in [0.29, 0.717) is 12.2 Å². The Hall–Kier alpha value is -2.14. The van der Waals surface area contributed by atoms with Crippen LogP contribution in [0.3, 0.4) is 0 Å². The number of hydrogen-bond acceptors (Lipinski definition) is 3. The fourth-order valence-corrected chi connectivity index (χ4v) is 2.45. The zero-order chi connectivity index (χ0) is 12.9. The van der Waals surface area contributed by atoms with Crippen molar-refractivity contribution in [2.75, 3.05) is 6.54 Å². The van der Waals surface area contributed by atoms with Gasteiger partial charge in [-0.15, -0.1) is 0 Å². The minimum Gasteiger partial charge on any atom is -0.478 e. The minimum absolute atomic E-state index is 0.0103. The highest BCUT2D eigenvalue weighted by atomic mass is 16.4. The summed E-state index contributed by atoms with van der Waals surface area (Å²) in [7, 11) is 0. The van der Waals surface area contributed by atoms with Gasteiger partial charge in [0.05, 0.1) is 17.8 Å². The number of carboxylic acid groups (broad SMARTS) is 1. The Balaban J connectivity index is 2.32. The van der Waals surface area contributed by atoms with Crippen LogP contribution in [0.1, 0.15) is 39.4 Å². The number of aromatic nitrogens is 1. The molecule has 0 amide bonds. The molecule has 0 saturated carbocycles. The number of H-pyrrole nitrogens is 1. The van der Waals surface area contributed by atoms with Crippen LogP contribution >= 0.6 is 0 Å². The molecule has 1 aromatic heterocycles. The molecule has 3 N–H and O–H groups in total. The Morgan fingerprint density at radius 2 is 2.22 bits per heavy atom. The van der Waals surface area contributed by atoms with E-state index < -0.39 is 5.97 Å². The van der Waals surface area contributed by atoms with E-state index in [9.17, 15) is 9.59 Å². The number of hydrogen-bond donors (Lipinski definition) is 3. The summed E-state index contributed by atoms with van der Waals surface area (Å²) in [5.41, 5.74) is 2.49. The maximum atomic E-state index is 11.8. The van der Waals surface area contributed by atoms with E-state index in [1.807, 2.05) is 6.92 Å². The summed E-state index contributed by atoms with van der Waals surface area (Å²) in [6.45, 7) is 2.28. The van der Waals surface area contributed by atoms with E-state index in [0.717, 1.165) is 16.5 Å². The molecule has 92 valence electrons. The summed E-state index contributed by atoms with van der Waals surface area (Å²) in [6, 6.07) is 4.89.